The molecular weight excluding hydrogens is 378 g/mol. The molecule has 1 aliphatic carbocycles. The maximum atomic E-state index is 12.9. The van der Waals surface area contributed by atoms with Gasteiger partial charge in [0.25, 0.3) is 5.56 Å². The molecule has 1 aromatic heterocycles. The van der Waals surface area contributed by atoms with Gasteiger partial charge >= 0.3 is 0 Å². The smallest absolute Gasteiger partial charge is 0.274 e. The van der Waals surface area contributed by atoms with Crippen molar-refractivity contribution in [1.82, 2.24) is 15.1 Å². The monoisotopic (exact) mass is 405 g/mol. The van der Waals surface area contributed by atoms with Crippen LogP contribution in [-0.2, 0) is 17.8 Å². The summed E-state index contributed by atoms with van der Waals surface area (Å²) >= 11 is 0. The molecule has 0 bridgehead atoms. The van der Waals surface area contributed by atoms with Crippen LogP contribution in [0.25, 0.3) is 10.8 Å². The van der Waals surface area contributed by atoms with Gasteiger partial charge in [-0.15, -0.1) is 0 Å². The lowest BCUT2D eigenvalue weighted by molar-refractivity contribution is -0.120. The third-order valence-electron chi connectivity index (χ3n) is 5.63. The lowest BCUT2D eigenvalue weighted by Gasteiger charge is -2.16. The fourth-order valence-electron chi connectivity index (χ4n) is 4.10. The molecule has 0 spiro atoms. The van der Waals surface area contributed by atoms with Gasteiger partial charge in [0.1, 0.15) is 5.75 Å². The third kappa shape index (κ3) is 4.37. The van der Waals surface area contributed by atoms with Gasteiger partial charge in [-0.2, -0.15) is 5.10 Å². The first-order chi connectivity index (χ1) is 14.7. The van der Waals surface area contributed by atoms with E-state index in [4.69, 9.17) is 4.74 Å². The molecule has 1 saturated carbocycles. The molecule has 1 N–H and O–H groups in total. The van der Waals surface area contributed by atoms with Crippen LogP contribution in [0, 0.1) is 0 Å². The molecule has 1 aliphatic rings. The standard InChI is InChI=1S/C24H27N3O3/c1-2-30-19-13-11-17(12-14-19)15-23(28)25-16-22-20-9-5-6-10-21(20)24(29)27(26-22)18-7-3-4-8-18/h5-6,9-14,18H,2-4,7-8,15-16H2,1H3,(H,25,28). The van der Waals surface area contributed by atoms with Crippen molar-refractivity contribution in [2.75, 3.05) is 6.61 Å². The van der Waals surface area contributed by atoms with Crippen molar-refractivity contribution in [2.45, 2.75) is 51.6 Å². The first kappa shape index (κ1) is 20.1. The van der Waals surface area contributed by atoms with Crippen molar-refractivity contribution in [3.63, 3.8) is 0 Å². The van der Waals surface area contributed by atoms with Crippen molar-refractivity contribution < 1.29 is 9.53 Å². The summed E-state index contributed by atoms with van der Waals surface area (Å²) in [7, 11) is 0. The van der Waals surface area contributed by atoms with Crippen molar-refractivity contribution >= 4 is 16.7 Å². The first-order valence-corrected chi connectivity index (χ1v) is 10.6. The lowest BCUT2D eigenvalue weighted by atomic mass is 10.1. The Balaban J connectivity index is 1.51. The van der Waals surface area contributed by atoms with E-state index in [1.54, 1.807) is 4.68 Å². The highest BCUT2D eigenvalue weighted by Gasteiger charge is 2.21. The van der Waals surface area contributed by atoms with Crippen LogP contribution >= 0.6 is 0 Å². The fraction of sp³-hybridized carbons (Fsp3) is 0.375. The molecule has 1 amide bonds. The molecule has 1 fully saturated rings. The predicted molar refractivity (Wildman–Crippen MR) is 117 cm³/mol. The Kier molecular flexibility index (Phi) is 6.12. The zero-order valence-corrected chi connectivity index (χ0v) is 17.3. The molecule has 0 radical (unpaired) electrons. The number of hydrogen-bond acceptors (Lipinski definition) is 4. The molecular formula is C24H27N3O3. The summed E-state index contributed by atoms with van der Waals surface area (Å²) in [6.45, 7) is 2.85. The maximum absolute atomic E-state index is 12.9. The van der Waals surface area contributed by atoms with Gasteiger partial charge in [-0.25, -0.2) is 4.68 Å². The summed E-state index contributed by atoms with van der Waals surface area (Å²) < 4.78 is 7.08. The number of nitrogens with zero attached hydrogens (tertiary/aromatic N) is 2. The number of carbonyl (C=O) groups excluding carboxylic acids is 1. The van der Waals surface area contributed by atoms with E-state index in [2.05, 4.69) is 10.4 Å². The van der Waals surface area contributed by atoms with E-state index in [1.807, 2.05) is 55.5 Å². The maximum Gasteiger partial charge on any atom is 0.274 e. The normalized spacial score (nSPS) is 14.2. The van der Waals surface area contributed by atoms with Gasteiger partial charge in [-0.1, -0.05) is 43.2 Å². The largest absolute Gasteiger partial charge is 0.494 e. The molecule has 2 aromatic carbocycles. The van der Waals surface area contributed by atoms with Crippen LogP contribution in [-0.4, -0.2) is 22.3 Å². The van der Waals surface area contributed by atoms with Crippen LogP contribution in [0.1, 0.15) is 49.9 Å². The number of amides is 1. The van der Waals surface area contributed by atoms with E-state index in [1.165, 1.54) is 0 Å². The molecule has 30 heavy (non-hydrogen) atoms. The van der Waals surface area contributed by atoms with Gasteiger partial charge in [0, 0.05) is 5.39 Å². The lowest BCUT2D eigenvalue weighted by Crippen LogP contribution is -2.30. The average Bonchev–Trinajstić information content (AvgIpc) is 3.30. The third-order valence-corrected chi connectivity index (χ3v) is 5.63. The first-order valence-electron chi connectivity index (χ1n) is 10.6. The zero-order chi connectivity index (χ0) is 20.9. The number of benzene rings is 2. The van der Waals surface area contributed by atoms with Crippen LogP contribution in [0.5, 0.6) is 5.75 Å². The Morgan fingerprint density at radius 2 is 1.80 bits per heavy atom. The molecule has 0 unspecified atom stereocenters. The van der Waals surface area contributed by atoms with Crippen molar-refractivity contribution in [1.29, 1.82) is 0 Å². The van der Waals surface area contributed by atoms with E-state index < -0.39 is 0 Å². The zero-order valence-electron chi connectivity index (χ0n) is 17.3. The van der Waals surface area contributed by atoms with Gasteiger partial charge in [0.05, 0.1) is 36.7 Å². The van der Waals surface area contributed by atoms with Gasteiger partial charge in [-0.3, -0.25) is 9.59 Å². The fourth-order valence-corrected chi connectivity index (χ4v) is 4.10. The number of carbonyl (C=O) groups is 1. The van der Waals surface area contributed by atoms with E-state index in [0.29, 0.717) is 18.5 Å². The van der Waals surface area contributed by atoms with Gasteiger partial charge in [0.15, 0.2) is 0 Å². The summed E-state index contributed by atoms with van der Waals surface area (Å²) in [6.07, 6.45) is 4.50. The highest BCUT2D eigenvalue weighted by molar-refractivity contribution is 5.84. The van der Waals surface area contributed by atoms with Crippen LogP contribution < -0.4 is 15.6 Å². The Labute approximate surface area is 175 Å². The second-order valence-electron chi connectivity index (χ2n) is 7.71. The number of nitrogens with one attached hydrogen (secondary N) is 1. The molecule has 4 rings (SSSR count). The van der Waals surface area contributed by atoms with Gasteiger partial charge < -0.3 is 10.1 Å². The quantitative estimate of drug-likeness (QED) is 0.649. The Morgan fingerprint density at radius 1 is 1.10 bits per heavy atom. The van der Waals surface area contributed by atoms with Crippen molar-refractivity contribution in [3.8, 4) is 5.75 Å². The molecule has 156 valence electrons. The van der Waals surface area contributed by atoms with Crippen LogP contribution in [0.2, 0.25) is 0 Å². The van der Waals surface area contributed by atoms with Crippen LogP contribution in [0.4, 0.5) is 0 Å². The molecule has 0 aliphatic heterocycles. The summed E-state index contributed by atoms with van der Waals surface area (Å²) in [5.74, 6) is 0.718. The van der Waals surface area contributed by atoms with Crippen molar-refractivity contribution in [2.24, 2.45) is 0 Å². The summed E-state index contributed by atoms with van der Waals surface area (Å²) in [5.41, 5.74) is 1.61. The Bertz CT molecular complexity index is 1080. The highest BCUT2D eigenvalue weighted by atomic mass is 16.5. The number of rotatable bonds is 7. The van der Waals surface area contributed by atoms with E-state index in [0.717, 1.165) is 48.1 Å². The van der Waals surface area contributed by atoms with E-state index in [9.17, 15) is 9.59 Å². The van der Waals surface area contributed by atoms with E-state index >= 15 is 0 Å². The summed E-state index contributed by atoms with van der Waals surface area (Å²) in [6, 6.07) is 15.2. The minimum absolute atomic E-state index is 0.0398. The molecule has 3 aromatic rings. The number of hydrogen-bond donors (Lipinski definition) is 1. The SMILES string of the molecule is CCOc1ccc(CC(=O)NCc2nn(C3CCCC3)c(=O)c3ccccc23)cc1. The highest BCUT2D eigenvalue weighted by Crippen LogP contribution is 2.28. The van der Waals surface area contributed by atoms with E-state index in [-0.39, 0.29) is 23.9 Å². The van der Waals surface area contributed by atoms with Gasteiger partial charge in [-0.05, 0) is 43.5 Å². The Hall–Kier alpha value is -3.15. The number of fused-ring (bicyclic) bond motifs is 1. The summed E-state index contributed by atoms with van der Waals surface area (Å²) in [4.78, 5) is 25.4. The predicted octanol–water partition coefficient (Wildman–Crippen LogP) is 3.77. The Morgan fingerprint density at radius 3 is 2.50 bits per heavy atom. The van der Waals surface area contributed by atoms with Crippen LogP contribution in [0.3, 0.4) is 0 Å². The minimum Gasteiger partial charge on any atom is -0.494 e. The number of aromatic nitrogens is 2. The van der Waals surface area contributed by atoms with Crippen LogP contribution in [0.15, 0.2) is 53.3 Å². The average molecular weight is 405 g/mol. The molecule has 0 atom stereocenters. The van der Waals surface area contributed by atoms with Gasteiger partial charge in [0.2, 0.25) is 5.91 Å². The second-order valence-corrected chi connectivity index (χ2v) is 7.71. The molecule has 6 nitrogen and oxygen atoms in total. The molecule has 0 saturated heterocycles. The number of ether oxygens (including phenoxy) is 1. The summed E-state index contributed by atoms with van der Waals surface area (Å²) in [5, 5.41) is 9.10. The molecule has 1 heterocycles. The minimum atomic E-state index is -0.0799. The molecule has 6 heteroatoms. The topological polar surface area (TPSA) is 73.2 Å². The van der Waals surface area contributed by atoms with Crippen molar-refractivity contribution in [3.05, 3.63) is 70.1 Å². The second kappa shape index (κ2) is 9.11.